The van der Waals surface area contributed by atoms with E-state index in [0.29, 0.717) is 5.92 Å². The number of aryl methyl sites for hydroxylation is 2. The summed E-state index contributed by atoms with van der Waals surface area (Å²) in [6.45, 7) is 9.18. The largest absolute Gasteiger partial charge is 0.220 e. The van der Waals surface area contributed by atoms with Crippen LogP contribution in [0.2, 0.25) is 0 Å². The molecule has 0 amide bonds. The lowest BCUT2D eigenvalue weighted by Crippen LogP contribution is -2.31. The Kier molecular flexibility index (Phi) is 5.76. The van der Waals surface area contributed by atoms with E-state index in [-0.39, 0.29) is 0 Å². The topological polar surface area (TPSA) is 3.88 Å². The molecule has 4 rings (SSSR count). The second-order valence-corrected chi connectivity index (χ2v) is 9.28. The molecular weight excluding hydrogens is 350 g/mol. The summed E-state index contributed by atoms with van der Waals surface area (Å²) in [6, 6.07) is 14.3. The number of aromatic nitrogens is 1. The molecule has 1 nitrogen and oxygen atoms in total. The molecular formula is C28H36N+. The maximum atomic E-state index is 2.51. The van der Waals surface area contributed by atoms with Crippen molar-refractivity contribution in [1.29, 1.82) is 0 Å². The van der Waals surface area contributed by atoms with Crippen LogP contribution in [0, 0.1) is 13.8 Å². The molecule has 1 saturated carbocycles. The quantitative estimate of drug-likeness (QED) is 0.408. The highest BCUT2D eigenvalue weighted by atomic mass is 14.9. The molecule has 152 valence electrons. The summed E-state index contributed by atoms with van der Waals surface area (Å²) in [5.74, 6) is 1.34. The van der Waals surface area contributed by atoms with Gasteiger partial charge in [-0.15, -0.1) is 0 Å². The van der Waals surface area contributed by atoms with Gasteiger partial charge in [-0.2, -0.15) is 0 Å². The Hall–Kier alpha value is -2.15. The van der Waals surface area contributed by atoms with Crippen LogP contribution in [0.4, 0.5) is 0 Å². The van der Waals surface area contributed by atoms with Crippen LogP contribution >= 0.6 is 0 Å². The fourth-order valence-electron chi connectivity index (χ4n) is 5.07. The molecule has 1 aliphatic carbocycles. The van der Waals surface area contributed by atoms with Crippen molar-refractivity contribution >= 4 is 10.8 Å². The molecule has 0 spiro atoms. The van der Waals surface area contributed by atoms with Crippen LogP contribution in [0.1, 0.15) is 86.5 Å². The van der Waals surface area contributed by atoms with Gasteiger partial charge in [0.25, 0.3) is 0 Å². The zero-order valence-corrected chi connectivity index (χ0v) is 18.9. The lowest BCUT2D eigenvalue weighted by Gasteiger charge is -2.23. The molecule has 1 fully saturated rings. The van der Waals surface area contributed by atoms with Gasteiger partial charge in [0.2, 0.25) is 5.69 Å². The van der Waals surface area contributed by atoms with Gasteiger partial charge >= 0.3 is 0 Å². The molecule has 0 aliphatic heterocycles. The normalized spacial score (nSPS) is 16.3. The van der Waals surface area contributed by atoms with Crippen molar-refractivity contribution in [1.82, 2.24) is 0 Å². The monoisotopic (exact) mass is 386 g/mol. The van der Waals surface area contributed by atoms with Crippen molar-refractivity contribution in [3.8, 4) is 11.3 Å². The van der Waals surface area contributed by atoms with E-state index in [1.54, 1.807) is 5.56 Å². The third-order valence-corrected chi connectivity index (χ3v) is 7.36. The van der Waals surface area contributed by atoms with E-state index in [4.69, 9.17) is 0 Å². The van der Waals surface area contributed by atoms with Gasteiger partial charge in [0.05, 0.1) is 10.9 Å². The molecule has 0 N–H and O–H groups in total. The standard InChI is InChI=1S/C28H36N/c1-6-19(2)23-12-13-26-24(17-23)14-15-29(5)28(26)27-18-25(16-20(3)21(27)4)22-10-8-7-9-11-22/h12-19,22H,6-11H2,1-5H3/q+1. The van der Waals surface area contributed by atoms with Gasteiger partial charge in [0.1, 0.15) is 7.05 Å². The number of rotatable bonds is 4. The lowest BCUT2D eigenvalue weighted by molar-refractivity contribution is -0.659. The number of pyridine rings is 1. The highest BCUT2D eigenvalue weighted by Crippen LogP contribution is 2.38. The Labute approximate surface area is 176 Å². The van der Waals surface area contributed by atoms with Crippen LogP contribution in [0.15, 0.2) is 42.6 Å². The third-order valence-electron chi connectivity index (χ3n) is 7.36. The molecule has 1 aliphatic rings. The summed E-state index contributed by atoms with van der Waals surface area (Å²) in [5, 5.41) is 2.72. The molecule has 0 saturated heterocycles. The molecule has 3 aromatic rings. The Morgan fingerprint density at radius 2 is 1.76 bits per heavy atom. The Morgan fingerprint density at radius 3 is 2.48 bits per heavy atom. The summed E-state index contributed by atoms with van der Waals surface area (Å²) in [6.07, 6.45) is 10.3. The summed E-state index contributed by atoms with van der Waals surface area (Å²) >= 11 is 0. The zero-order valence-electron chi connectivity index (χ0n) is 18.9. The van der Waals surface area contributed by atoms with Gasteiger partial charge in [-0.3, -0.25) is 0 Å². The summed E-state index contributed by atoms with van der Waals surface area (Å²) in [4.78, 5) is 0. The molecule has 1 unspecified atom stereocenters. The fraction of sp³-hybridized carbons (Fsp3) is 0.464. The average molecular weight is 387 g/mol. The Balaban J connectivity index is 1.89. The average Bonchev–Trinajstić information content (AvgIpc) is 2.75. The van der Waals surface area contributed by atoms with Crippen LogP contribution in [0.5, 0.6) is 0 Å². The van der Waals surface area contributed by atoms with E-state index in [1.807, 2.05) is 0 Å². The second-order valence-electron chi connectivity index (χ2n) is 9.28. The van der Waals surface area contributed by atoms with Crippen LogP contribution in [-0.4, -0.2) is 0 Å². The van der Waals surface area contributed by atoms with E-state index in [0.717, 1.165) is 5.92 Å². The molecule has 0 bridgehead atoms. The van der Waals surface area contributed by atoms with Crippen LogP contribution in [0.3, 0.4) is 0 Å². The fourth-order valence-corrected chi connectivity index (χ4v) is 5.07. The van der Waals surface area contributed by atoms with E-state index in [1.165, 1.54) is 77.2 Å². The summed E-state index contributed by atoms with van der Waals surface area (Å²) in [7, 11) is 2.19. The molecule has 0 radical (unpaired) electrons. The molecule has 1 heteroatoms. The lowest BCUT2D eigenvalue weighted by atomic mass is 9.81. The minimum absolute atomic E-state index is 0.607. The predicted molar refractivity (Wildman–Crippen MR) is 125 cm³/mol. The second kappa shape index (κ2) is 8.30. The number of hydrogen-bond acceptors (Lipinski definition) is 0. The van der Waals surface area contributed by atoms with Gasteiger partial charge < -0.3 is 0 Å². The van der Waals surface area contributed by atoms with Crippen LogP contribution < -0.4 is 4.57 Å². The third kappa shape index (κ3) is 3.84. The van der Waals surface area contributed by atoms with E-state index >= 15 is 0 Å². The Morgan fingerprint density at radius 1 is 1.00 bits per heavy atom. The van der Waals surface area contributed by atoms with E-state index < -0.39 is 0 Å². The first-order chi connectivity index (χ1) is 14.0. The minimum atomic E-state index is 0.607. The minimum Gasteiger partial charge on any atom is -0.200 e. The highest BCUT2D eigenvalue weighted by molar-refractivity contribution is 5.94. The van der Waals surface area contributed by atoms with E-state index in [2.05, 4.69) is 81.9 Å². The molecule has 1 heterocycles. The van der Waals surface area contributed by atoms with Gasteiger partial charge in [0.15, 0.2) is 6.20 Å². The van der Waals surface area contributed by atoms with Crippen molar-refractivity contribution in [2.45, 2.75) is 78.1 Å². The van der Waals surface area contributed by atoms with Crippen molar-refractivity contribution in [2.24, 2.45) is 7.05 Å². The van der Waals surface area contributed by atoms with Crippen molar-refractivity contribution < 1.29 is 4.57 Å². The predicted octanol–water partition coefficient (Wildman–Crippen LogP) is 7.51. The van der Waals surface area contributed by atoms with Gasteiger partial charge in [-0.25, -0.2) is 4.57 Å². The molecule has 29 heavy (non-hydrogen) atoms. The molecule has 2 aromatic carbocycles. The summed E-state index contributed by atoms with van der Waals surface area (Å²) < 4.78 is 2.32. The zero-order chi connectivity index (χ0) is 20.5. The number of hydrogen-bond donors (Lipinski definition) is 0. The SMILES string of the molecule is CCC(C)c1ccc2c(-c3cc(C4CCCCC4)cc(C)c3C)[n+](C)ccc2c1. The van der Waals surface area contributed by atoms with Crippen molar-refractivity contribution in [3.05, 3.63) is 64.8 Å². The van der Waals surface area contributed by atoms with E-state index in [9.17, 15) is 0 Å². The first-order valence-corrected chi connectivity index (χ1v) is 11.5. The first-order valence-electron chi connectivity index (χ1n) is 11.5. The van der Waals surface area contributed by atoms with Crippen molar-refractivity contribution in [2.75, 3.05) is 0 Å². The maximum Gasteiger partial charge on any atom is 0.220 e. The van der Waals surface area contributed by atoms with Gasteiger partial charge in [-0.05, 0) is 84.7 Å². The molecule has 1 aromatic heterocycles. The number of benzene rings is 2. The van der Waals surface area contributed by atoms with Crippen LogP contribution in [-0.2, 0) is 7.05 Å². The van der Waals surface area contributed by atoms with Crippen molar-refractivity contribution in [3.63, 3.8) is 0 Å². The highest BCUT2D eigenvalue weighted by Gasteiger charge is 2.22. The maximum absolute atomic E-state index is 2.51. The Bertz CT molecular complexity index is 1020. The smallest absolute Gasteiger partial charge is 0.200 e. The molecule has 1 atom stereocenters. The number of nitrogens with zero attached hydrogens (tertiary/aromatic N) is 1. The first kappa shape index (κ1) is 20.1. The number of fused-ring (bicyclic) bond motifs is 1. The van der Waals surface area contributed by atoms with Gasteiger partial charge in [-0.1, -0.05) is 51.3 Å². The van der Waals surface area contributed by atoms with Gasteiger partial charge in [0, 0.05) is 6.07 Å². The van der Waals surface area contributed by atoms with Crippen LogP contribution in [0.25, 0.3) is 22.0 Å². The summed E-state index contributed by atoms with van der Waals surface area (Å²) in [5.41, 5.74) is 8.61.